The quantitative estimate of drug-likeness (QED) is 0.215. The number of nitrogens with zero attached hydrogens (tertiary/aromatic N) is 1. The highest BCUT2D eigenvalue weighted by molar-refractivity contribution is 5.97. The summed E-state index contributed by atoms with van der Waals surface area (Å²) in [7, 11) is 1.91. The standard InChI is InChI=1S/C25H30N4O5/c1-4-15-29(3)16-22(31)26-21-13-9-19(10-14-21)6-5-18-7-11-20(12-8-18)24(32)27-23(17(2)30)25(33)28-34/h7-14,17,23,30,34H,4,15-16H2,1-3H3,(H,26,31)(H,27,32)(H,28,33). The van der Waals surface area contributed by atoms with E-state index >= 15 is 0 Å². The van der Waals surface area contributed by atoms with Gasteiger partial charge in [-0.2, -0.15) is 0 Å². The van der Waals surface area contributed by atoms with Crippen LogP contribution in [0.25, 0.3) is 0 Å². The third kappa shape index (κ3) is 8.33. The number of benzene rings is 2. The van der Waals surface area contributed by atoms with Crippen LogP contribution < -0.4 is 16.1 Å². The lowest BCUT2D eigenvalue weighted by atomic mass is 10.1. The van der Waals surface area contributed by atoms with E-state index in [-0.39, 0.29) is 11.5 Å². The molecule has 0 bridgehead atoms. The molecule has 0 saturated heterocycles. The van der Waals surface area contributed by atoms with E-state index < -0.39 is 24.0 Å². The minimum Gasteiger partial charge on any atom is -0.391 e. The summed E-state index contributed by atoms with van der Waals surface area (Å²) in [5.74, 6) is 4.46. The lowest BCUT2D eigenvalue weighted by molar-refractivity contribution is -0.133. The highest BCUT2D eigenvalue weighted by atomic mass is 16.5. The van der Waals surface area contributed by atoms with Crippen LogP contribution in [0.15, 0.2) is 48.5 Å². The van der Waals surface area contributed by atoms with Gasteiger partial charge >= 0.3 is 0 Å². The molecule has 2 rings (SSSR count). The molecule has 9 nitrogen and oxygen atoms in total. The number of amides is 3. The molecule has 0 spiro atoms. The lowest BCUT2D eigenvalue weighted by Gasteiger charge is -2.19. The number of carbonyl (C=O) groups excluding carboxylic acids is 3. The van der Waals surface area contributed by atoms with Crippen molar-refractivity contribution in [3.05, 3.63) is 65.2 Å². The van der Waals surface area contributed by atoms with Gasteiger partial charge in [0.05, 0.1) is 12.6 Å². The maximum atomic E-state index is 12.3. The van der Waals surface area contributed by atoms with Gasteiger partial charge in [-0.3, -0.25) is 24.5 Å². The second-order valence-electron chi connectivity index (χ2n) is 7.86. The number of aliphatic hydroxyl groups is 1. The van der Waals surface area contributed by atoms with Gasteiger partial charge in [-0.25, -0.2) is 5.48 Å². The second-order valence-corrected chi connectivity index (χ2v) is 7.86. The molecule has 0 radical (unpaired) electrons. The fourth-order valence-corrected chi connectivity index (χ4v) is 3.09. The van der Waals surface area contributed by atoms with Crippen LogP contribution in [0.1, 0.15) is 41.8 Å². The predicted octanol–water partition coefficient (Wildman–Crippen LogP) is 1.35. The van der Waals surface area contributed by atoms with Gasteiger partial charge in [0.1, 0.15) is 6.04 Å². The third-order valence-corrected chi connectivity index (χ3v) is 4.85. The molecular formula is C25H30N4O5. The maximum Gasteiger partial charge on any atom is 0.268 e. The smallest absolute Gasteiger partial charge is 0.268 e. The van der Waals surface area contributed by atoms with Crippen LogP contribution in [0.4, 0.5) is 5.69 Å². The molecule has 0 heterocycles. The zero-order valence-corrected chi connectivity index (χ0v) is 19.5. The number of hydrogen-bond acceptors (Lipinski definition) is 6. The van der Waals surface area contributed by atoms with Crippen molar-refractivity contribution in [3.8, 4) is 11.8 Å². The zero-order chi connectivity index (χ0) is 25.1. The molecule has 0 aliphatic rings. The van der Waals surface area contributed by atoms with Crippen LogP contribution >= 0.6 is 0 Å². The maximum absolute atomic E-state index is 12.3. The number of hydrogen-bond donors (Lipinski definition) is 5. The number of likely N-dealkylation sites (N-methyl/N-ethyl adjacent to an activating group) is 1. The SMILES string of the molecule is CCCN(C)CC(=O)Nc1ccc(C#Cc2ccc(C(=O)NC(C(=O)NO)C(C)O)cc2)cc1. The van der Waals surface area contributed by atoms with Crippen molar-refractivity contribution in [2.24, 2.45) is 0 Å². The highest BCUT2D eigenvalue weighted by Crippen LogP contribution is 2.10. The number of aliphatic hydroxyl groups excluding tert-OH is 1. The molecule has 34 heavy (non-hydrogen) atoms. The Bertz CT molecular complexity index is 1040. The van der Waals surface area contributed by atoms with Crippen LogP contribution in [-0.2, 0) is 9.59 Å². The van der Waals surface area contributed by atoms with Gasteiger partial charge < -0.3 is 15.7 Å². The first-order valence-corrected chi connectivity index (χ1v) is 10.9. The highest BCUT2D eigenvalue weighted by Gasteiger charge is 2.25. The Kier molecular flexibility index (Phi) is 10.2. The van der Waals surface area contributed by atoms with Gasteiger partial charge in [0.2, 0.25) is 5.91 Å². The summed E-state index contributed by atoms with van der Waals surface area (Å²) in [5, 5.41) is 23.6. The molecule has 0 fully saturated rings. The molecule has 0 aromatic heterocycles. The fourth-order valence-electron chi connectivity index (χ4n) is 3.09. The van der Waals surface area contributed by atoms with E-state index in [1.54, 1.807) is 36.4 Å². The Labute approximate surface area is 199 Å². The van der Waals surface area contributed by atoms with Gasteiger partial charge in [0.15, 0.2) is 0 Å². The van der Waals surface area contributed by atoms with E-state index in [9.17, 15) is 19.5 Å². The predicted molar refractivity (Wildman–Crippen MR) is 128 cm³/mol. The van der Waals surface area contributed by atoms with E-state index in [4.69, 9.17) is 5.21 Å². The van der Waals surface area contributed by atoms with E-state index in [1.165, 1.54) is 12.4 Å². The largest absolute Gasteiger partial charge is 0.391 e. The Balaban J connectivity index is 1.97. The molecule has 9 heteroatoms. The van der Waals surface area contributed by atoms with Crippen molar-refractivity contribution in [2.75, 3.05) is 25.5 Å². The van der Waals surface area contributed by atoms with Crippen LogP contribution in [0.2, 0.25) is 0 Å². The minimum atomic E-state index is -1.29. The number of hydroxylamine groups is 1. The van der Waals surface area contributed by atoms with E-state index in [1.807, 2.05) is 24.1 Å². The second kappa shape index (κ2) is 13.1. The normalized spacial score (nSPS) is 12.2. The number of nitrogens with one attached hydrogen (secondary N) is 3. The zero-order valence-electron chi connectivity index (χ0n) is 19.5. The fraction of sp³-hybridized carbons (Fsp3) is 0.320. The molecule has 0 aliphatic carbocycles. The van der Waals surface area contributed by atoms with Crippen LogP contribution in [0.3, 0.4) is 0 Å². The van der Waals surface area contributed by atoms with Crippen molar-refractivity contribution < 1.29 is 24.7 Å². The summed E-state index contributed by atoms with van der Waals surface area (Å²) in [4.78, 5) is 37.9. The molecule has 0 aliphatic heterocycles. The Hall–Kier alpha value is -3.71. The van der Waals surface area contributed by atoms with Crippen molar-refractivity contribution in [2.45, 2.75) is 32.4 Å². The number of carbonyl (C=O) groups is 3. The summed E-state index contributed by atoms with van der Waals surface area (Å²) >= 11 is 0. The van der Waals surface area contributed by atoms with Gasteiger partial charge in [-0.15, -0.1) is 0 Å². The van der Waals surface area contributed by atoms with Crippen molar-refractivity contribution >= 4 is 23.4 Å². The van der Waals surface area contributed by atoms with Gasteiger partial charge in [0.25, 0.3) is 11.8 Å². The first-order valence-electron chi connectivity index (χ1n) is 10.9. The Morgan fingerprint density at radius 1 is 1.00 bits per heavy atom. The molecular weight excluding hydrogens is 436 g/mol. The molecule has 2 unspecified atom stereocenters. The van der Waals surface area contributed by atoms with Crippen LogP contribution in [0.5, 0.6) is 0 Å². The molecule has 2 aromatic carbocycles. The lowest BCUT2D eigenvalue weighted by Crippen LogP contribution is -2.51. The molecule has 0 saturated carbocycles. The van der Waals surface area contributed by atoms with Crippen LogP contribution in [-0.4, -0.2) is 65.2 Å². The van der Waals surface area contributed by atoms with E-state index in [0.29, 0.717) is 17.8 Å². The number of rotatable bonds is 9. The minimum absolute atomic E-state index is 0.0735. The van der Waals surface area contributed by atoms with Gasteiger partial charge in [0, 0.05) is 22.4 Å². The number of anilines is 1. The average Bonchev–Trinajstić information content (AvgIpc) is 2.81. The van der Waals surface area contributed by atoms with Crippen molar-refractivity contribution in [3.63, 3.8) is 0 Å². The topological polar surface area (TPSA) is 131 Å². The first kappa shape index (κ1) is 26.5. The molecule has 2 atom stereocenters. The van der Waals surface area contributed by atoms with Crippen molar-refractivity contribution in [1.82, 2.24) is 15.7 Å². The summed E-state index contributed by atoms with van der Waals surface area (Å²) in [6, 6.07) is 12.3. The van der Waals surface area contributed by atoms with Crippen LogP contribution in [0, 0.1) is 11.8 Å². The van der Waals surface area contributed by atoms with Gasteiger partial charge in [-0.1, -0.05) is 18.8 Å². The van der Waals surface area contributed by atoms with Crippen molar-refractivity contribution in [1.29, 1.82) is 0 Å². The Morgan fingerprint density at radius 2 is 1.56 bits per heavy atom. The first-order chi connectivity index (χ1) is 16.2. The van der Waals surface area contributed by atoms with E-state index in [0.717, 1.165) is 18.5 Å². The van der Waals surface area contributed by atoms with Gasteiger partial charge in [-0.05, 0) is 75.5 Å². The summed E-state index contributed by atoms with van der Waals surface area (Å²) in [5.41, 5.74) is 3.82. The summed E-state index contributed by atoms with van der Waals surface area (Å²) in [6.45, 7) is 4.58. The molecule has 5 N–H and O–H groups in total. The summed E-state index contributed by atoms with van der Waals surface area (Å²) in [6.07, 6.45) is -0.205. The van der Waals surface area contributed by atoms with E-state index in [2.05, 4.69) is 29.4 Å². The monoisotopic (exact) mass is 466 g/mol. The molecule has 2 aromatic rings. The molecule has 180 valence electrons. The Morgan fingerprint density at radius 3 is 2.06 bits per heavy atom. The average molecular weight is 467 g/mol. The summed E-state index contributed by atoms with van der Waals surface area (Å²) < 4.78 is 0. The third-order valence-electron chi connectivity index (χ3n) is 4.85. The molecule has 3 amide bonds.